The monoisotopic (exact) mass is 750 g/mol. The first-order chi connectivity index (χ1) is 25.2. The summed E-state index contributed by atoms with van der Waals surface area (Å²) in [6.07, 6.45) is 0.515. The Bertz CT molecular complexity index is 1330. The Morgan fingerprint density at radius 1 is 0.962 bits per heavy atom. The number of carbonyl (C=O) groups is 4. The molecule has 2 aliphatic rings. The third-order valence-corrected chi connectivity index (χ3v) is 10.1. The summed E-state index contributed by atoms with van der Waals surface area (Å²) in [6, 6.07) is 5.45. The smallest absolute Gasteiger partial charge is 0.414 e. The molecule has 0 saturated carbocycles. The number of primary amides is 1. The van der Waals surface area contributed by atoms with E-state index in [9.17, 15) is 19.2 Å². The molecular weight excluding hydrogens is 688 g/mol. The van der Waals surface area contributed by atoms with Gasteiger partial charge in [0.25, 0.3) is 0 Å². The number of nitrogens with one attached hydrogen (secondary N) is 1. The number of nitrogens with two attached hydrogens (primary N) is 1. The van der Waals surface area contributed by atoms with Gasteiger partial charge in [0.2, 0.25) is 18.6 Å². The van der Waals surface area contributed by atoms with Crippen LogP contribution < -0.4 is 20.5 Å². The molecule has 4 amide bonds. The van der Waals surface area contributed by atoms with E-state index in [4.69, 9.17) is 38.9 Å². The third-order valence-electron chi connectivity index (χ3n) is 10.1. The minimum absolute atomic E-state index is 0.0560. The summed E-state index contributed by atoms with van der Waals surface area (Å²) in [4.78, 5) is 54.6. The van der Waals surface area contributed by atoms with E-state index in [1.807, 2.05) is 32.0 Å². The summed E-state index contributed by atoms with van der Waals surface area (Å²) in [6.45, 7) is 13.7. The van der Waals surface area contributed by atoms with Crippen LogP contribution in [0.1, 0.15) is 66.4 Å². The Kier molecular flexibility index (Phi) is 17.4. The molecule has 4 atom stereocenters. The second-order valence-electron chi connectivity index (χ2n) is 15.1. The molecule has 15 nitrogen and oxygen atoms in total. The first-order valence-electron chi connectivity index (χ1n) is 18.6. The lowest BCUT2D eigenvalue weighted by molar-refractivity contribution is -0.130. The fourth-order valence-corrected chi connectivity index (χ4v) is 6.34. The number of amides is 4. The first-order valence-corrected chi connectivity index (χ1v) is 18.6. The van der Waals surface area contributed by atoms with Gasteiger partial charge in [-0.05, 0) is 68.6 Å². The van der Waals surface area contributed by atoms with Crippen molar-refractivity contribution in [2.75, 3.05) is 73.8 Å². The lowest BCUT2D eigenvalue weighted by Crippen LogP contribution is -2.47. The van der Waals surface area contributed by atoms with Crippen molar-refractivity contribution in [2.45, 2.75) is 79.4 Å². The fourth-order valence-electron chi connectivity index (χ4n) is 6.34. The Morgan fingerprint density at radius 2 is 1.66 bits per heavy atom. The fraction of sp³-hybridized carbons (Fsp3) is 0.737. The molecule has 0 aliphatic carbocycles. The van der Waals surface area contributed by atoms with E-state index in [0.717, 1.165) is 12.0 Å². The van der Waals surface area contributed by atoms with Crippen LogP contribution in [-0.2, 0) is 39.7 Å². The van der Waals surface area contributed by atoms with Gasteiger partial charge >= 0.3 is 12.2 Å². The molecule has 3 rings (SSSR count). The topological polar surface area (TPSA) is 177 Å². The summed E-state index contributed by atoms with van der Waals surface area (Å²) >= 11 is 0. The predicted molar refractivity (Wildman–Crippen MR) is 196 cm³/mol. The number of methoxy groups -OCH3 is 2. The van der Waals surface area contributed by atoms with E-state index in [1.165, 1.54) is 9.80 Å². The zero-order valence-corrected chi connectivity index (χ0v) is 32.9. The van der Waals surface area contributed by atoms with Crippen molar-refractivity contribution in [1.82, 2.24) is 15.1 Å². The molecule has 2 aliphatic heterocycles. The Labute approximate surface area is 314 Å². The van der Waals surface area contributed by atoms with Gasteiger partial charge in [-0.15, -0.1) is 0 Å². The number of benzene rings is 1. The number of hydrogen-bond acceptors (Lipinski definition) is 11. The van der Waals surface area contributed by atoms with Gasteiger partial charge in [0.05, 0.1) is 44.5 Å². The van der Waals surface area contributed by atoms with Crippen molar-refractivity contribution in [3.63, 3.8) is 0 Å². The van der Waals surface area contributed by atoms with Gasteiger partial charge in [0.15, 0.2) is 11.5 Å². The van der Waals surface area contributed by atoms with Crippen LogP contribution in [0.3, 0.4) is 0 Å². The van der Waals surface area contributed by atoms with Crippen molar-refractivity contribution in [2.24, 2.45) is 34.8 Å². The molecule has 4 unspecified atom stereocenters. The first kappa shape index (κ1) is 43.6. The second-order valence-corrected chi connectivity index (χ2v) is 15.1. The summed E-state index contributed by atoms with van der Waals surface area (Å²) in [5.74, 6) is 0.291. The highest BCUT2D eigenvalue weighted by atomic mass is 16.7. The zero-order valence-electron chi connectivity index (χ0n) is 32.9. The molecule has 0 aromatic heterocycles. The van der Waals surface area contributed by atoms with Gasteiger partial charge < -0.3 is 49.1 Å². The van der Waals surface area contributed by atoms with Crippen LogP contribution in [0, 0.1) is 29.1 Å². The molecule has 53 heavy (non-hydrogen) atoms. The minimum Gasteiger partial charge on any atom is -0.493 e. The van der Waals surface area contributed by atoms with Gasteiger partial charge in [-0.1, -0.05) is 33.8 Å². The number of nitrogens with zero attached hydrogens (tertiary/aromatic N) is 2. The van der Waals surface area contributed by atoms with E-state index in [0.29, 0.717) is 70.3 Å². The Morgan fingerprint density at radius 3 is 2.28 bits per heavy atom. The van der Waals surface area contributed by atoms with Crippen LogP contribution >= 0.6 is 0 Å². The molecule has 2 heterocycles. The number of morpholine rings is 1. The van der Waals surface area contributed by atoms with Gasteiger partial charge in [-0.2, -0.15) is 0 Å². The van der Waals surface area contributed by atoms with Crippen molar-refractivity contribution in [3.8, 4) is 11.5 Å². The van der Waals surface area contributed by atoms with Crippen molar-refractivity contribution >= 4 is 24.0 Å². The van der Waals surface area contributed by atoms with Gasteiger partial charge in [-0.25, -0.2) is 9.59 Å². The number of rotatable bonds is 20. The van der Waals surface area contributed by atoms with Crippen LogP contribution in [0.4, 0.5) is 9.59 Å². The highest BCUT2D eigenvalue weighted by Gasteiger charge is 2.43. The maximum Gasteiger partial charge on any atom is 0.414 e. The Hall–Kier alpha value is -3.82. The summed E-state index contributed by atoms with van der Waals surface area (Å²) in [5.41, 5.74) is 5.67. The van der Waals surface area contributed by atoms with Gasteiger partial charge in [0.1, 0.15) is 6.73 Å². The molecule has 1 aromatic rings. The SMILES string of the molecule is COCCCOc1cc(CC(CC2C(CC(C(=O)NCC(C)(C)C(N)=O)C(C)C)OCN2C(=O)OCOC(=O)N2CCOCC2)C(C)C)ccc1OC. The normalized spacial score (nSPS) is 18.8. The van der Waals surface area contributed by atoms with E-state index < -0.39 is 48.4 Å². The summed E-state index contributed by atoms with van der Waals surface area (Å²) in [7, 11) is 3.26. The van der Waals surface area contributed by atoms with E-state index in [1.54, 1.807) is 28.1 Å². The van der Waals surface area contributed by atoms with E-state index >= 15 is 0 Å². The highest BCUT2D eigenvalue weighted by Crippen LogP contribution is 2.36. The molecule has 0 spiro atoms. The minimum atomic E-state index is -0.920. The lowest BCUT2D eigenvalue weighted by atomic mass is 9.80. The number of carbonyl (C=O) groups excluding carboxylic acids is 4. The van der Waals surface area contributed by atoms with E-state index in [2.05, 4.69) is 19.2 Å². The molecule has 0 bridgehead atoms. The zero-order chi connectivity index (χ0) is 39.1. The average molecular weight is 751 g/mol. The van der Waals surface area contributed by atoms with Crippen molar-refractivity contribution in [1.29, 1.82) is 0 Å². The van der Waals surface area contributed by atoms with E-state index in [-0.39, 0.29) is 36.9 Å². The Balaban J connectivity index is 1.82. The summed E-state index contributed by atoms with van der Waals surface area (Å²) in [5, 5.41) is 2.91. The second kappa shape index (κ2) is 21.2. The summed E-state index contributed by atoms with van der Waals surface area (Å²) < 4.78 is 39.0. The lowest BCUT2D eigenvalue weighted by Gasteiger charge is -2.33. The standard InChI is InChI=1S/C38H62N4O11/c1-25(2)28(18-27-10-11-31(48-8)33(19-27)50-15-9-14-47-7)20-30-32(21-29(26(3)4)34(43)40-22-38(5,6)35(39)44)51-23-42(30)37(46)53-24-52-36(45)41-12-16-49-17-13-41/h10-11,19,25-26,28-30,32H,9,12-18,20-24H2,1-8H3,(H2,39,44)(H,40,43). The average Bonchev–Trinajstić information content (AvgIpc) is 3.53. The maximum atomic E-state index is 13.6. The van der Waals surface area contributed by atoms with Crippen LogP contribution in [0.15, 0.2) is 18.2 Å². The predicted octanol–water partition coefficient (Wildman–Crippen LogP) is 4.20. The number of ether oxygens (including phenoxy) is 7. The van der Waals surface area contributed by atoms with Crippen LogP contribution in [0.5, 0.6) is 11.5 Å². The molecule has 0 radical (unpaired) electrons. The molecule has 300 valence electrons. The van der Waals surface area contributed by atoms with Gasteiger partial charge in [0, 0.05) is 45.7 Å². The van der Waals surface area contributed by atoms with Crippen molar-refractivity contribution < 1.29 is 52.3 Å². The van der Waals surface area contributed by atoms with Crippen LogP contribution in [-0.4, -0.2) is 120 Å². The highest BCUT2D eigenvalue weighted by molar-refractivity contribution is 5.83. The molecule has 2 saturated heterocycles. The van der Waals surface area contributed by atoms with Crippen molar-refractivity contribution in [3.05, 3.63) is 23.8 Å². The van der Waals surface area contributed by atoms with Gasteiger partial charge in [-0.3, -0.25) is 14.5 Å². The molecular formula is C38H62N4O11. The molecule has 15 heteroatoms. The number of hydrogen-bond donors (Lipinski definition) is 2. The van der Waals surface area contributed by atoms with Crippen LogP contribution in [0.2, 0.25) is 0 Å². The molecule has 2 fully saturated rings. The quantitative estimate of drug-likeness (QED) is 0.144. The molecule has 1 aromatic carbocycles. The third kappa shape index (κ3) is 13.2. The maximum absolute atomic E-state index is 13.6. The molecule has 3 N–H and O–H groups in total. The van der Waals surface area contributed by atoms with Crippen LogP contribution in [0.25, 0.3) is 0 Å². The largest absolute Gasteiger partial charge is 0.493 e.